The number of carbonyl (C=O) groups excluding carboxylic acids is 2. The van der Waals surface area contributed by atoms with E-state index in [1.54, 1.807) is 5.57 Å². The highest BCUT2D eigenvalue weighted by molar-refractivity contribution is 5.81. The van der Waals surface area contributed by atoms with E-state index in [2.05, 4.69) is 64.6 Å². The lowest BCUT2D eigenvalue weighted by atomic mass is 9.47. The molecule has 0 aromatic rings. The number of likely N-dealkylation sites (N-methyl/N-ethyl adjacent to an activating group) is 2. The van der Waals surface area contributed by atoms with Gasteiger partial charge in [0, 0.05) is 52.1 Å². The molecule has 4 aliphatic carbocycles. The predicted octanol–water partition coefficient (Wildman–Crippen LogP) is 7.43. The van der Waals surface area contributed by atoms with Gasteiger partial charge in [0.05, 0.1) is 6.42 Å². The second-order valence-corrected chi connectivity index (χ2v) is 17.1. The number of fused-ring (bicyclic) bond motifs is 5. The molecule has 0 spiro atoms. The van der Waals surface area contributed by atoms with Gasteiger partial charge >= 0.3 is 5.97 Å². The standard InChI is InChI=1S/C39H67N3O3/c1-28(2)9-8-10-29(3)33-13-14-34-32-12-11-30-27-31(17-19-38(30,4)35(32)18-20-39(33,34)5)45-37(44)16-15-36(43)42-25-23-40(6)21-22-41(7)24-26-42/h11,28-29,31-35H,8-10,12-27H2,1-7H3. The molecule has 5 rings (SSSR count). The Hall–Kier alpha value is -1.40. The van der Waals surface area contributed by atoms with Crippen LogP contribution in [-0.2, 0) is 14.3 Å². The summed E-state index contributed by atoms with van der Waals surface area (Å²) in [6, 6.07) is 0. The van der Waals surface area contributed by atoms with Crippen LogP contribution in [0.1, 0.15) is 118 Å². The molecule has 256 valence electrons. The molecule has 45 heavy (non-hydrogen) atoms. The zero-order chi connectivity index (χ0) is 32.4. The van der Waals surface area contributed by atoms with E-state index in [1.165, 1.54) is 51.4 Å². The normalized spacial score (nSPS) is 37.0. The summed E-state index contributed by atoms with van der Waals surface area (Å²) in [6.45, 7) is 17.8. The van der Waals surface area contributed by atoms with Crippen molar-refractivity contribution in [2.45, 2.75) is 124 Å². The van der Waals surface area contributed by atoms with Crippen molar-refractivity contribution in [2.24, 2.45) is 46.3 Å². The van der Waals surface area contributed by atoms with E-state index >= 15 is 0 Å². The molecular formula is C39H67N3O3. The number of ether oxygens (including phenoxy) is 1. The third kappa shape index (κ3) is 7.85. The van der Waals surface area contributed by atoms with Crippen LogP contribution in [0.25, 0.3) is 0 Å². The van der Waals surface area contributed by atoms with Gasteiger partial charge in [-0.15, -0.1) is 0 Å². The Morgan fingerprint density at radius 1 is 0.867 bits per heavy atom. The Bertz CT molecular complexity index is 1040. The first-order valence-electron chi connectivity index (χ1n) is 18.9. The van der Waals surface area contributed by atoms with E-state index in [-0.39, 0.29) is 36.2 Å². The predicted molar refractivity (Wildman–Crippen MR) is 184 cm³/mol. The molecule has 5 aliphatic rings. The number of allylic oxidation sites excluding steroid dienone is 1. The summed E-state index contributed by atoms with van der Waals surface area (Å²) in [6.07, 6.45) is 17.0. The molecule has 1 aliphatic heterocycles. The second kappa shape index (κ2) is 14.8. The van der Waals surface area contributed by atoms with Crippen molar-refractivity contribution in [3.05, 3.63) is 11.6 Å². The van der Waals surface area contributed by atoms with Crippen molar-refractivity contribution in [3.8, 4) is 0 Å². The Labute approximate surface area is 276 Å². The van der Waals surface area contributed by atoms with Gasteiger partial charge in [0.25, 0.3) is 0 Å². The number of hydrogen-bond donors (Lipinski definition) is 0. The third-order valence-corrected chi connectivity index (χ3v) is 13.8. The van der Waals surface area contributed by atoms with Crippen LogP contribution in [-0.4, -0.2) is 86.0 Å². The Balaban J connectivity index is 1.13. The van der Waals surface area contributed by atoms with Gasteiger partial charge in [-0.25, -0.2) is 0 Å². The van der Waals surface area contributed by atoms with Gasteiger partial charge in [-0.1, -0.05) is 65.5 Å². The van der Waals surface area contributed by atoms with Crippen LogP contribution in [0, 0.1) is 46.3 Å². The minimum Gasteiger partial charge on any atom is -0.462 e. The Kier molecular flexibility index (Phi) is 11.5. The van der Waals surface area contributed by atoms with E-state index < -0.39 is 0 Å². The first-order chi connectivity index (χ1) is 21.4. The fourth-order valence-corrected chi connectivity index (χ4v) is 10.9. The SMILES string of the molecule is CC(C)CCCC(C)C1CCC2C3CC=C4CC(OC(=O)CCC(=O)N5CCN(C)CCN(C)CC5)CCC4(C)C3CCC12C. The van der Waals surface area contributed by atoms with Crippen LogP contribution < -0.4 is 0 Å². The molecule has 6 heteroatoms. The Morgan fingerprint density at radius 2 is 1.56 bits per heavy atom. The van der Waals surface area contributed by atoms with Crippen LogP contribution in [0.4, 0.5) is 0 Å². The van der Waals surface area contributed by atoms with Crippen LogP contribution in [0.5, 0.6) is 0 Å². The molecule has 0 aromatic carbocycles. The van der Waals surface area contributed by atoms with Gasteiger partial charge in [0.15, 0.2) is 0 Å². The monoisotopic (exact) mass is 626 g/mol. The zero-order valence-corrected chi connectivity index (χ0v) is 30.1. The van der Waals surface area contributed by atoms with Crippen molar-refractivity contribution in [2.75, 3.05) is 53.4 Å². The van der Waals surface area contributed by atoms with E-state index in [0.29, 0.717) is 5.41 Å². The molecule has 6 nitrogen and oxygen atoms in total. The number of hydrogen-bond acceptors (Lipinski definition) is 5. The van der Waals surface area contributed by atoms with E-state index in [9.17, 15) is 9.59 Å². The first-order valence-corrected chi connectivity index (χ1v) is 18.9. The van der Waals surface area contributed by atoms with Crippen LogP contribution in [0.3, 0.4) is 0 Å². The average Bonchev–Trinajstić information content (AvgIpc) is 3.38. The van der Waals surface area contributed by atoms with Crippen molar-refractivity contribution >= 4 is 11.9 Å². The van der Waals surface area contributed by atoms with Gasteiger partial charge in [-0.2, -0.15) is 0 Å². The van der Waals surface area contributed by atoms with Gasteiger partial charge < -0.3 is 19.4 Å². The maximum atomic E-state index is 13.1. The van der Waals surface area contributed by atoms with E-state index in [4.69, 9.17) is 4.74 Å². The quantitative estimate of drug-likeness (QED) is 0.197. The maximum absolute atomic E-state index is 13.1. The summed E-state index contributed by atoms with van der Waals surface area (Å²) in [5, 5.41) is 0. The first kappa shape index (κ1) is 34.9. The molecule has 0 aromatic heterocycles. The lowest BCUT2D eigenvalue weighted by molar-refractivity contribution is -0.153. The topological polar surface area (TPSA) is 53.1 Å². The molecule has 1 heterocycles. The summed E-state index contributed by atoms with van der Waals surface area (Å²) in [4.78, 5) is 32.5. The minimum absolute atomic E-state index is 0.0348. The van der Waals surface area contributed by atoms with E-state index in [0.717, 1.165) is 94.0 Å². The fourth-order valence-electron chi connectivity index (χ4n) is 10.9. The molecule has 8 atom stereocenters. The average molecular weight is 626 g/mol. The van der Waals surface area contributed by atoms with E-state index in [1.807, 2.05) is 4.90 Å². The minimum atomic E-state index is -0.197. The number of esters is 1. The molecule has 0 N–H and O–H groups in total. The third-order valence-electron chi connectivity index (χ3n) is 13.8. The summed E-state index contributed by atoms with van der Waals surface area (Å²) in [7, 11) is 4.23. The van der Waals surface area contributed by atoms with Crippen molar-refractivity contribution < 1.29 is 14.3 Å². The molecule has 4 fully saturated rings. The highest BCUT2D eigenvalue weighted by Gasteiger charge is 2.59. The molecule has 0 bridgehead atoms. The van der Waals surface area contributed by atoms with Crippen molar-refractivity contribution in [1.29, 1.82) is 0 Å². The smallest absolute Gasteiger partial charge is 0.306 e. The highest BCUT2D eigenvalue weighted by atomic mass is 16.5. The van der Waals surface area contributed by atoms with Gasteiger partial charge in [0.2, 0.25) is 5.91 Å². The van der Waals surface area contributed by atoms with Crippen LogP contribution >= 0.6 is 0 Å². The molecular weight excluding hydrogens is 558 g/mol. The Morgan fingerprint density at radius 3 is 2.24 bits per heavy atom. The lowest BCUT2D eigenvalue weighted by Gasteiger charge is -2.58. The molecule has 1 amide bonds. The summed E-state index contributed by atoms with van der Waals surface area (Å²) >= 11 is 0. The molecule has 1 saturated heterocycles. The highest BCUT2D eigenvalue weighted by Crippen LogP contribution is 2.67. The van der Waals surface area contributed by atoms with Crippen molar-refractivity contribution in [1.82, 2.24) is 14.7 Å². The van der Waals surface area contributed by atoms with Crippen molar-refractivity contribution in [3.63, 3.8) is 0 Å². The summed E-state index contributed by atoms with van der Waals surface area (Å²) in [5.74, 6) is 4.92. The fraction of sp³-hybridized carbons (Fsp3) is 0.897. The van der Waals surface area contributed by atoms with Gasteiger partial charge in [-0.3, -0.25) is 9.59 Å². The van der Waals surface area contributed by atoms with Crippen LogP contribution in [0.15, 0.2) is 11.6 Å². The number of nitrogens with zero attached hydrogens (tertiary/aromatic N) is 3. The largest absolute Gasteiger partial charge is 0.462 e. The number of amides is 1. The number of rotatable bonds is 9. The lowest BCUT2D eigenvalue weighted by Crippen LogP contribution is -2.51. The molecule has 8 unspecified atom stereocenters. The zero-order valence-electron chi connectivity index (χ0n) is 30.1. The second-order valence-electron chi connectivity index (χ2n) is 17.1. The summed E-state index contributed by atoms with van der Waals surface area (Å²) < 4.78 is 6.06. The molecule has 0 radical (unpaired) electrons. The van der Waals surface area contributed by atoms with Gasteiger partial charge in [-0.05, 0) is 105 Å². The van der Waals surface area contributed by atoms with Crippen LogP contribution in [0.2, 0.25) is 0 Å². The summed E-state index contributed by atoms with van der Waals surface area (Å²) in [5.41, 5.74) is 2.34. The molecule has 3 saturated carbocycles. The van der Waals surface area contributed by atoms with Gasteiger partial charge in [0.1, 0.15) is 6.10 Å². The number of carbonyl (C=O) groups is 2. The maximum Gasteiger partial charge on any atom is 0.306 e.